The molecule has 0 aromatic heterocycles. The monoisotopic (exact) mass is 347 g/mol. The molecule has 2 rings (SSSR count). The van der Waals surface area contributed by atoms with Crippen molar-refractivity contribution in [2.45, 2.75) is 0 Å². The normalized spacial score (nSPS) is 12.2. The molecule has 0 radical (unpaired) electrons. The Balaban J connectivity index is 2.69. The number of hydrogen-bond acceptors (Lipinski definition) is 1. The van der Waals surface area contributed by atoms with Gasteiger partial charge in [0.2, 0.25) is 0 Å². The van der Waals surface area contributed by atoms with Crippen LogP contribution in [0.3, 0.4) is 0 Å². The van der Waals surface area contributed by atoms with Gasteiger partial charge in [-0.05, 0) is 17.3 Å². The Bertz CT molecular complexity index is 553. The van der Waals surface area contributed by atoms with Crippen molar-refractivity contribution in [3.05, 3.63) is 60.7 Å². The van der Waals surface area contributed by atoms with E-state index in [2.05, 4.69) is 35.3 Å². The average molecular weight is 349 g/mol. The third-order valence-electron chi connectivity index (χ3n) is 2.83. The zero-order valence-corrected chi connectivity index (χ0v) is 14.5. The second-order valence-corrected chi connectivity index (χ2v) is 15.5. The molecule has 6 heteroatoms. The molecular formula is C13H13Cl3NPSi. The van der Waals surface area contributed by atoms with E-state index in [4.69, 9.17) is 33.2 Å². The van der Waals surface area contributed by atoms with Crippen LogP contribution in [-0.4, -0.2) is 12.8 Å². The summed E-state index contributed by atoms with van der Waals surface area (Å²) in [6, 6.07) is 20.1. The minimum absolute atomic E-state index is 1.13. The highest BCUT2D eigenvalue weighted by Gasteiger charge is 2.30. The van der Waals surface area contributed by atoms with Gasteiger partial charge in [0.05, 0.1) is 0 Å². The third kappa shape index (κ3) is 3.87. The predicted molar refractivity (Wildman–Crippen MR) is 90.7 cm³/mol. The molecule has 2 aromatic rings. The standard InChI is InChI=1S/C13H13Cl3NPSi/c1-18(17-19(14,15)16,12-8-4-2-5-9-12)13-10-6-3-7-11-13/h2-11H,1H3. The fourth-order valence-corrected chi connectivity index (χ4v) is 10.6. The lowest BCUT2D eigenvalue weighted by Gasteiger charge is -2.23. The molecule has 0 unspecified atom stereocenters. The molecule has 0 saturated heterocycles. The van der Waals surface area contributed by atoms with Gasteiger partial charge in [0.25, 0.3) is 0 Å². The Hall–Kier alpha value is -0.243. The zero-order chi connectivity index (χ0) is 13.9. The van der Waals surface area contributed by atoms with Gasteiger partial charge in [-0.25, -0.2) is 0 Å². The topological polar surface area (TPSA) is 12.4 Å². The van der Waals surface area contributed by atoms with Gasteiger partial charge in [0.15, 0.2) is 0 Å². The van der Waals surface area contributed by atoms with Crippen LogP contribution in [0.15, 0.2) is 65.1 Å². The summed E-state index contributed by atoms with van der Waals surface area (Å²) in [6.45, 7) is 2.09. The molecule has 100 valence electrons. The Kier molecular flexibility index (Phi) is 4.81. The lowest BCUT2D eigenvalue weighted by molar-refractivity contribution is 1.72. The van der Waals surface area contributed by atoms with Gasteiger partial charge in [0.1, 0.15) is 0 Å². The second-order valence-electron chi connectivity index (χ2n) is 4.20. The van der Waals surface area contributed by atoms with Gasteiger partial charge < -0.3 is 0 Å². The molecule has 0 aliphatic heterocycles. The summed E-state index contributed by atoms with van der Waals surface area (Å²) in [5.41, 5.74) is 0. The van der Waals surface area contributed by atoms with E-state index in [0.29, 0.717) is 0 Å². The van der Waals surface area contributed by atoms with Crippen molar-refractivity contribution in [2.24, 2.45) is 4.41 Å². The van der Waals surface area contributed by atoms with Crippen molar-refractivity contribution in [3.8, 4) is 0 Å². The van der Waals surface area contributed by atoms with Gasteiger partial charge in [0, 0.05) is 7.05 Å². The highest BCUT2D eigenvalue weighted by Crippen LogP contribution is 2.47. The van der Waals surface area contributed by atoms with Gasteiger partial charge in [-0.1, -0.05) is 60.7 Å². The second kappa shape index (κ2) is 6.03. The molecule has 0 saturated carbocycles. The van der Waals surface area contributed by atoms with Crippen molar-refractivity contribution in [1.82, 2.24) is 0 Å². The lowest BCUT2D eigenvalue weighted by atomic mass is 10.4. The van der Waals surface area contributed by atoms with E-state index in [0.717, 1.165) is 10.6 Å². The van der Waals surface area contributed by atoms with Crippen LogP contribution in [0, 0.1) is 0 Å². The summed E-state index contributed by atoms with van der Waals surface area (Å²) in [4.78, 5) is 0. The lowest BCUT2D eigenvalue weighted by Crippen LogP contribution is -2.19. The maximum atomic E-state index is 6.05. The van der Waals surface area contributed by atoms with Crippen LogP contribution in [0.1, 0.15) is 0 Å². The van der Waals surface area contributed by atoms with Crippen LogP contribution in [-0.2, 0) is 0 Å². The van der Waals surface area contributed by atoms with Crippen molar-refractivity contribution < 1.29 is 0 Å². The van der Waals surface area contributed by atoms with Gasteiger partial charge >= 0.3 is 6.16 Å². The number of hydrogen-bond donors (Lipinski definition) is 0. The molecule has 0 atom stereocenters. The van der Waals surface area contributed by atoms with E-state index in [1.54, 1.807) is 0 Å². The van der Waals surface area contributed by atoms with Crippen LogP contribution < -0.4 is 10.6 Å². The Morgan fingerprint density at radius 3 is 1.47 bits per heavy atom. The fourth-order valence-electron chi connectivity index (χ4n) is 1.93. The molecule has 0 aliphatic rings. The summed E-state index contributed by atoms with van der Waals surface area (Å²) >= 11 is 18.1. The summed E-state index contributed by atoms with van der Waals surface area (Å²) in [7, 11) is -2.00. The average Bonchev–Trinajstić information content (AvgIpc) is 2.39. The highest BCUT2D eigenvalue weighted by atomic mass is 35.8. The minimum Gasteiger partial charge on any atom is -0.284 e. The highest BCUT2D eigenvalue weighted by molar-refractivity contribution is 7.83. The van der Waals surface area contributed by atoms with E-state index in [9.17, 15) is 0 Å². The van der Waals surface area contributed by atoms with Gasteiger partial charge in [-0.15, -0.1) is 33.2 Å². The van der Waals surface area contributed by atoms with Crippen molar-refractivity contribution >= 4 is 57.1 Å². The Labute approximate surface area is 128 Å². The van der Waals surface area contributed by atoms with Crippen molar-refractivity contribution in [3.63, 3.8) is 0 Å². The summed E-state index contributed by atoms with van der Waals surface area (Å²) in [5, 5.41) is 2.25. The van der Waals surface area contributed by atoms with Crippen molar-refractivity contribution in [2.75, 3.05) is 6.66 Å². The van der Waals surface area contributed by atoms with Crippen LogP contribution in [0.25, 0.3) is 0 Å². The van der Waals surface area contributed by atoms with Gasteiger partial charge in [-0.2, -0.15) is 0 Å². The summed E-state index contributed by atoms with van der Waals surface area (Å²) in [6.07, 6.45) is -3.07. The predicted octanol–water partition coefficient (Wildman–Crippen LogP) is 4.62. The largest absolute Gasteiger partial charge is 0.472 e. The number of nitrogens with zero attached hydrogens (tertiary/aromatic N) is 1. The Morgan fingerprint density at radius 2 is 1.16 bits per heavy atom. The summed E-state index contributed by atoms with van der Waals surface area (Å²) in [5.74, 6) is 0. The molecule has 0 fully saturated rings. The third-order valence-corrected chi connectivity index (χ3v) is 9.99. The molecule has 19 heavy (non-hydrogen) atoms. The molecule has 0 bridgehead atoms. The van der Waals surface area contributed by atoms with E-state index < -0.39 is 13.2 Å². The number of halogens is 3. The zero-order valence-electron chi connectivity index (χ0n) is 10.3. The molecule has 0 amide bonds. The first-order chi connectivity index (χ1) is 8.92. The van der Waals surface area contributed by atoms with Crippen LogP contribution in [0.4, 0.5) is 0 Å². The first kappa shape index (κ1) is 15.2. The van der Waals surface area contributed by atoms with E-state index >= 15 is 0 Å². The van der Waals surface area contributed by atoms with Crippen molar-refractivity contribution in [1.29, 1.82) is 0 Å². The molecule has 1 nitrogen and oxygen atoms in total. The molecule has 0 N–H and O–H groups in total. The molecule has 0 heterocycles. The smallest absolute Gasteiger partial charge is 0.284 e. The molecular weight excluding hydrogens is 336 g/mol. The van der Waals surface area contributed by atoms with Gasteiger partial charge in [-0.3, -0.25) is 4.41 Å². The maximum Gasteiger partial charge on any atom is 0.472 e. The molecule has 0 aliphatic carbocycles. The fraction of sp³-hybridized carbons (Fsp3) is 0.0769. The first-order valence-electron chi connectivity index (χ1n) is 5.71. The first-order valence-corrected chi connectivity index (χ1v) is 12.9. The van der Waals surface area contributed by atoms with Crippen LogP contribution in [0.2, 0.25) is 0 Å². The SMILES string of the molecule is CP(=N[Si](Cl)(Cl)Cl)(c1ccccc1)c1ccccc1. The Morgan fingerprint density at radius 1 is 0.789 bits per heavy atom. The van der Waals surface area contributed by atoms with Crippen LogP contribution >= 0.6 is 40.3 Å². The quantitative estimate of drug-likeness (QED) is 0.436. The van der Waals surface area contributed by atoms with Crippen LogP contribution in [0.5, 0.6) is 0 Å². The van der Waals surface area contributed by atoms with E-state index in [-0.39, 0.29) is 0 Å². The number of benzene rings is 2. The summed E-state index contributed by atoms with van der Waals surface area (Å²) < 4.78 is 4.63. The molecule has 2 aromatic carbocycles. The number of rotatable bonds is 3. The molecule has 0 spiro atoms. The minimum atomic E-state index is -3.07. The van der Waals surface area contributed by atoms with E-state index in [1.807, 2.05) is 36.4 Å². The van der Waals surface area contributed by atoms with E-state index in [1.165, 1.54) is 0 Å². The maximum absolute atomic E-state index is 6.05.